The highest BCUT2D eigenvalue weighted by Crippen LogP contribution is 2.40. The van der Waals surface area contributed by atoms with Crippen molar-refractivity contribution < 1.29 is 9.53 Å². The fourth-order valence-corrected chi connectivity index (χ4v) is 3.18. The van der Waals surface area contributed by atoms with Gasteiger partial charge in [-0.1, -0.05) is 6.07 Å². The number of benzene rings is 2. The molecule has 1 heterocycles. The third kappa shape index (κ3) is 2.42. The quantitative estimate of drug-likeness (QED) is 0.805. The number of nitrogens with zero attached hydrogens (tertiary/aromatic N) is 2. The van der Waals surface area contributed by atoms with Crippen LogP contribution in [0.2, 0.25) is 0 Å². The molecule has 0 unspecified atom stereocenters. The lowest BCUT2D eigenvalue weighted by Gasteiger charge is -2.17. The van der Waals surface area contributed by atoms with E-state index in [0.29, 0.717) is 11.3 Å². The summed E-state index contributed by atoms with van der Waals surface area (Å²) in [7, 11) is 5.14. The predicted molar refractivity (Wildman–Crippen MR) is 95.6 cm³/mol. The van der Waals surface area contributed by atoms with Crippen molar-refractivity contribution in [1.82, 2.24) is 15.1 Å². The van der Waals surface area contributed by atoms with Gasteiger partial charge in [0.25, 0.3) is 5.91 Å². The third-order valence-corrected chi connectivity index (χ3v) is 4.32. The molecule has 1 aromatic heterocycles. The number of fused-ring (bicyclic) bond motifs is 1. The monoisotopic (exact) mass is 323 g/mol. The number of carbonyl (C=O) groups excluding carboxylic acids is 1. The summed E-state index contributed by atoms with van der Waals surface area (Å²) < 4.78 is 7.48. The van der Waals surface area contributed by atoms with Crippen LogP contribution in [0.25, 0.3) is 22.0 Å². The van der Waals surface area contributed by atoms with Crippen LogP contribution in [-0.4, -0.2) is 29.8 Å². The summed E-state index contributed by atoms with van der Waals surface area (Å²) in [5, 5.41) is 8.10. The number of hydrogen-bond acceptors (Lipinski definition) is 3. The number of rotatable bonds is 3. The van der Waals surface area contributed by atoms with Crippen LogP contribution in [0.3, 0.4) is 0 Å². The number of aryl methyl sites for hydroxylation is 3. The number of carbonyl (C=O) groups is 1. The number of aromatic nitrogens is 2. The minimum absolute atomic E-state index is 0.159. The van der Waals surface area contributed by atoms with Gasteiger partial charge in [0.15, 0.2) is 0 Å². The summed E-state index contributed by atoms with van der Waals surface area (Å²) in [6.07, 6.45) is 1.86. The van der Waals surface area contributed by atoms with E-state index in [1.165, 1.54) is 0 Å². The fourth-order valence-electron chi connectivity index (χ4n) is 3.18. The van der Waals surface area contributed by atoms with Gasteiger partial charge in [-0.3, -0.25) is 9.48 Å². The van der Waals surface area contributed by atoms with Gasteiger partial charge >= 0.3 is 0 Å². The summed E-state index contributed by atoms with van der Waals surface area (Å²) >= 11 is 0. The van der Waals surface area contributed by atoms with E-state index in [1.807, 2.05) is 30.9 Å². The normalized spacial score (nSPS) is 10.9. The fraction of sp³-hybridized carbons (Fsp3) is 0.263. The molecule has 5 heteroatoms. The zero-order chi connectivity index (χ0) is 17.4. The predicted octanol–water partition coefficient (Wildman–Crippen LogP) is 3.23. The summed E-state index contributed by atoms with van der Waals surface area (Å²) in [6.45, 7) is 4.04. The number of hydrogen-bond donors (Lipinski definition) is 1. The molecule has 5 nitrogen and oxygen atoms in total. The molecule has 0 aliphatic carbocycles. The Hall–Kier alpha value is -2.82. The zero-order valence-electron chi connectivity index (χ0n) is 14.6. The lowest BCUT2D eigenvalue weighted by molar-refractivity contribution is 0.0960. The maximum atomic E-state index is 12.3. The molecule has 0 saturated heterocycles. The van der Waals surface area contributed by atoms with Crippen molar-refractivity contribution in [1.29, 1.82) is 0 Å². The van der Waals surface area contributed by atoms with Crippen LogP contribution in [0.5, 0.6) is 5.75 Å². The maximum Gasteiger partial charge on any atom is 0.254 e. The molecule has 1 amide bonds. The van der Waals surface area contributed by atoms with E-state index in [-0.39, 0.29) is 5.91 Å². The average Bonchev–Trinajstić information content (AvgIpc) is 2.94. The van der Waals surface area contributed by atoms with Crippen LogP contribution in [0, 0.1) is 13.8 Å². The SMILES string of the molecule is CNC(=O)c1cc(C)cc(-c2c(C)ccc3c2cnn3C)c1OC. The molecule has 0 bridgehead atoms. The first-order valence-corrected chi connectivity index (χ1v) is 7.80. The van der Waals surface area contributed by atoms with Crippen molar-refractivity contribution in [2.45, 2.75) is 13.8 Å². The second kappa shape index (κ2) is 6.00. The van der Waals surface area contributed by atoms with Gasteiger partial charge < -0.3 is 10.1 Å². The van der Waals surface area contributed by atoms with Gasteiger partial charge in [-0.2, -0.15) is 5.10 Å². The second-order valence-electron chi connectivity index (χ2n) is 5.93. The van der Waals surface area contributed by atoms with Gasteiger partial charge in [0.2, 0.25) is 0 Å². The smallest absolute Gasteiger partial charge is 0.254 e. The second-order valence-corrected chi connectivity index (χ2v) is 5.93. The standard InChI is InChI=1S/C19H21N3O2/c1-11-8-13(18(24-5)14(9-11)19(23)20-3)17-12(2)6-7-16-15(17)10-21-22(16)4/h6-10H,1-5H3,(H,20,23). The first-order chi connectivity index (χ1) is 11.5. The van der Waals surface area contributed by atoms with Crippen LogP contribution in [0.15, 0.2) is 30.5 Å². The van der Waals surface area contributed by atoms with Crippen LogP contribution in [0.1, 0.15) is 21.5 Å². The first-order valence-electron chi connectivity index (χ1n) is 7.80. The van der Waals surface area contributed by atoms with Gasteiger partial charge in [0.1, 0.15) is 5.75 Å². The molecule has 1 N–H and O–H groups in total. The molecule has 0 fully saturated rings. The van der Waals surface area contributed by atoms with Gasteiger partial charge in [-0.25, -0.2) is 0 Å². The summed E-state index contributed by atoms with van der Waals surface area (Å²) in [4.78, 5) is 12.3. The number of ether oxygens (including phenoxy) is 1. The molecule has 24 heavy (non-hydrogen) atoms. The number of amides is 1. The molecule has 0 atom stereocenters. The third-order valence-electron chi connectivity index (χ3n) is 4.32. The van der Waals surface area contributed by atoms with E-state index < -0.39 is 0 Å². The maximum absolute atomic E-state index is 12.3. The molecular weight excluding hydrogens is 302 g/mol. The largest absolute Gasteiger partial charge is 0.495 e. The first kappa shape index (κ1) is 16.1. The highest BCUT2D eigenvalue weighted by atomic mass is 16.5. The van der Waals surface area contributed by atoms with Gasteiger partial charge in [-0.05, 0) is 48.7 Å². The lowest BCUT2D eigenvalue weighted by atomic mass is 9.92. The Labute approximate surface area is 141 Å². The zero-order valence-corrected chi connectivity index (χ0v) is 14.6. The minimum Gasteiger partial charge on any atom is -0.495 e. The number of nitrogens with one attached hydrogen (secondary N) is 1. The molecule has 3 rings (SSSR count). The van der Waals surface area contributed by atoms with Crippen LogP contribution >= 0.6 is 0 Å². The molecule has 124 valence electrons. The van der Waals surface area contributed by atoms with Gasteiger partial charge in [0, 0.05) is 25.0 Å². The molecule has 0 aliphatic heterocycles. The van der Waals surface area contributed by atoms with Crippen LogP contribution in [0.4, 0.5) is 0 Å². The molecule has 0 aliphatic rings. The van der Waals surface area contributed by atoms with Crippen molar-refractivity contribution in [3.8, 4) is 16.9 Å². The highest BCUT2D eigenvalue weighted by Gasteiger charge is 2.20. The molecule has 0 saturated carbocycles. The van der Waals surface area contributed by atoms with Gasteiger partial charge in [0.05, 0.1) is 24.4 Å². The summed E-state index contributed by atoms with van der Waals surface area (Å²) in [6, 6.07) is 8.03. The average molecular weight is 323 g/mol. The molecule has 2 aromatic carbocycles. The van der Waals surface area contributed by atoms with E-state index in [1.54, 1.807) is 14.2 Å². The topological polar surface area (TPSA) is 56.2 Å². The van der Waals surface area contributed by atoms with Crippen molar-refractivity contribution in [3.63, 3.8) is 0 Å². The Morgan fingerprint density at radius 3 is 2.67 bits per heavy atom. The van der Waals surface area contributed by atoms with Crippen LogP contribution < -0.4 is 10.1 Å². The van der Waals surface area contributed by atoms with Gasteiger partial charge in [-0.15, -0.1) is 0 Å². The summed E-state index contributed by atoms with van der Waals surface area (Å²) in [5.74, 6) is 0.423. The van der Waals surface area contributed by atoms with Crippen LogP contribution in [-0.2, 0) is 7.05 Å². The Morgan fingerprint density at radius 2 is 2.00 bits per heavy atom. The van der Waals surface area contributed by atoms with E-state index in [9.17, 15) is 4.79 Å². The van der Waals surface area contributed by atoms with Crippen molar-refractivity contribution in [2.24, 2.45) is 7.05 Å². The Morgan fingerprint density at radius 1 is 1.25 bits per heavy atom. The van der Waals surface area contributed by atoms with E-state index in [4.69, 9.17) is 4.74 Å². The minimum atomic E-state index is -0.159. The Kier molecular flexibility index (Phi) is 4.01. The molecule has 0 spiro atoms. The molecule has 0 radical (unpaired) electrons. The Bertz CT molecular complexity index is 941. The molecule has 3 aromatic rings. The van der Waals surface area contributed by atoms with E-state index in [2.05, 4.69) is 35.5 Å². The van der Waals surface area contributed by atoms with Crippen molar-refractivity contribution in [3.05, 3.63) is 47.2 Å². The van der Waals surface area contributed by atoms with Crippen molar-refractivity contribution >= 4 is 16.8 Å². The lowest BCUT2D eigenvalue weighted by Crippen LogP contribution is -2.19. The molecular formula is C19H21N3O2. The Balaban J connectivity index is 2.40. The number of methoxy groups -OCH3 is 1. The highest BCUT2D eigenvalue weighted by molar-refractivity contribution is 6.03. The van der Waals surface area contributed by atoms with E-state index in [0.717, 1.165) is 33.2 Å². The van der Waals surface area contributed by atoms with E-state index >= 15 is 0 Å². The summed E-state index contributed by atoms with van der Waals surface area (Å²) in [5.41, 5.74) is 5.65. The van der Waals surface area contributed by atoms with Crippen molar-refractivity contribution in [2.75, 3.05) is 14.2 Å².